The number of aliphatic hydroxyl groups is 1. The molecule has 0 spiro atoms. The molecule has 1 aliphatic rings. The summed E-state index contributed by atoms with van der Waals surface area (Å²) < 4.78 is 5.42. The third kappa shape index (κ3) is 2.45. The second kappa shape index (κ2) is 5.48. The Kier molecular flexibility index (Phi) is 3.98. The highest BCUT2D eigenvalue weighted by molar-refractivity contribution is 5.06. The third-order valence-electron chi connectivity index (χ3n) is 3.39. The molecule has 16 heavy (non-hydrogen) atoms. The largest absolute Gasteiger partial charge is 0.468 e. The lowest BCUT2D eigenvalue weighted by atomic mass is 10.1. The van der Waals surface area contributed by atoms with Crippen LogP contribution in [0.4, 0.5) is 0 Å². The van der Waals surface area contributed by atoms with Gasteiger partial charge in [-0.3, -0.25) is 4.90 Å². The van der Waals surface area contributed by atoms with E-state index in [0.29, 0.717) is 12.5 Å². The fourth-order valence-electron chi connectivity index (χ4n) is 2.49. The van der Waals surface area contributed by atoms with Gasteiger partial charge in [-0.05, 0) is 37.4 Å². The number of nitrogens with two attached hydrogens (primary N) is 1. The standard InChI is InChI=1S/C12H20N2O2/c13-8-11(12-2-1-7-16-12)14-5-3-10(9-14)4-6-15/h1-2,7,10-11,15H,3-6,8-9,13H2. The predicted octanol–water partition coefficient (Wildman–Crippen LogP) is 0.984. The van der Waals surface area contributed by atoms with Crippen LogP contribution < -0.4 is 5.73 Å². The highest BCUT2D eigenvalue weighted by Gasteiger charge is 2.29. The van der Waals surface area contributed by atoms with E-state index in [9.17, 15) is 0 Å². The van der Waals surface area contributed by atoms with Gasteiger partial charge in [-0.15, -0.1) is 0 Å². The van der Waals surface area contributed by atoms with Gasteiger partial charge < -0.3 is 15.3 Å². The van der Waals surface area contributed by atoms with Crippen molar-refractivity contribution >= 4 is 0 Å². The summed E-state index contributed by atoms with van der Waals surface area (Å²) in [5.74, 6) is 1.56. The molecule has 4 heteroatoms. The summed E-state index contributed by atoms with van der Waals surface area (Å²) >= 11 is 0. The van der Waals surface area contributed by atoms with Crippen molar-refractivity contribution in [2.75, 3.05) is 26.2 Å². The first kappa shape index (κ1) is 11.6. The number of furan rings is 1. The van der Waals surface area contributed by atoms with Gasteiger partial charge in [0, 0.05) is 19.7 Å². The van der Waals surface area contributed by atoms with Crippen molar-refractivity contribution < 1.29 is 9.52 Å². The zero-order valence-electron chi connectivity index (χ0n) is 9.51. The Morgan fingerprint density at radius 1 is 1.62 bits per heavy atom. The van der Waals surface area contributed by atoms with E-state index >= 15 is 0 Å². The maximum atomic E-state index is 8.93. The summed E-state index contributed by atoms with van der Waals surface area (Å²) in [5.41, 5.74) is 5.81. The number of aliphatic hydroxyl groups excluding tert-OH is 1. The first-order valence-corrected chi connectivity index (χ1v) is 5.93. The second-order valence-electron chi connectivity index (χ2n) is 4.43. The van der Waals surface area contributed by atoms with Crippen molar-refractivity contribution in [2.45, 2.75) is 18.9 Å². The topological polar surface area (TPSA) is 62.6 Å². The predicted molar refractivity (Wildman–Crippen MR) is 61.9 cm³/mol. The Bertz CT molecular complexity index is 300. The van der Waals surface area contributed by atoms with Crippen LogP contribution in [0.3, 0.4) is 0 Å². The van der Waals surface area contributed by atoms with Crippen molar-refractivity contribution in [3.05, 3.63) is 24.2 Å². The van der Waals surface area contributed by atoms with E-state index in [1.807, 2.05) is 12.1 Å². The molecule has 0 bridgehead atoms. The van der Waals surface area contributed by atoms with Crippen LogP contribution >= 0.6 is 0 Å². The molecule has 0 radical (unpaired) electrons. The van der Waals surface area contributed by atoms with Crippen LogP contribution in [-0.4, -0.2) is 36.2 Å². The summed E-state index contributed by atoms with van der Waals surface area (Å²) in [6.45, 7) is 2.93. The van der Waals surface area contributed by atoms with E-state index in [4.69, 9.17) is 15.3 Å². The molecule has 2 rings (SSSR count). The molecule has 1 aliphatic heterocycles. The summed E-state index contributed by atoms with van der Waals surface area (Å²) in [4.78, 5) is 2.36. The van der Waals surface area contributed by atoms with E-state index < -0.39 is 0 Å². The molecule has 0 amide bonds. The van der Waals surface area contributed by atoms with Gasteiger partial charge in [-0.2, -0.15) is 0 Å². The van der Waals surface area contributed by atoms with E-state index in [2.05, 4.69) is 4.90 Å². The molecule has 0 aliphatic carbocycles. The van der Waals surface area contributed by atoms with Crippen molar-refractivity contribution in [1.29, 1.82) is 0 Å². The van der Waals surface area contributed by atoms with Gasteiger partial charge in [0.2, 0.25) is 0 Å². The van der Waals surface area contributed by atoms with E-state index in [1.165, 1.54) is 0 Å². The monoisotopic (exact) mass is 224 g/mol. The minimum absolute atomic E-state index is 0.193. The normalized spacial score (nSPS) is 23.8. The highest BCUT2D eigenvalue weighted by atomic mass is 16.3. The van der Waals surface area contributed by atoms with Gasteiger partial charge in [0.1, 0.15) is 5.76 Å². The summed E-state index contributed by atoms with van der Waals surface area (Å²) in [6.07, 6.45) is 3.74. The van der Waals surface area contributed by atoms with Crippen molar-refractivity contribution in [3.63, 3.8) is 0 Å². The molecule has 90 valence electrons. The number of hydrogen-bond donors (Lipinski definition) is 2. The number of rotatable bonds is 5. The molecule has 1 aromatic rings. The van der Waals surface area contributed by atoms with Crippen LogP contribution in [0.15, 0.2) is 22.8 Å². The van der Waals surface area contributed by atoms with Crippen LogP contribution in [0, 0.1) is 5.92 Å². The molecule has 2 unspecified atom stereocenters. The van der Waals surface area contributed by atoms with Crippen molar-refractivity contribution in [3.8, 4) is 0 Å². The van der Waals surface area contributed by atoms with Crippen molar-refractivity contribution in [1.82, 2.24) is 4.90 Å². The lowest BCUT2D eigenvalue weighted by Gasteiger charge is -2.24. The average Bonchev–Trinajstić information content (AvgIpc) is 2.92. The number of nitrogens with zero attached hydrogens (tertiary/aromatic N) is 1. The summed E-state index contributed by atoms with van der Waals surface area (Å²) in [7, 11) is 0. The molecule has 0 aromatic carbocycles. The molecule has 1 fully saturated rings. The van der Waals surface area contributed by atoms with E-state index in [0.717, 1.165) is 31.7 Å². The van der Waals surface area contributed by atoms with Gasteiger partial charge >= 0.3 is 0 Å². The van der Waals surface area contributed by atoms with Crippen LogP contribution in [0.5, 0.6) is 0 Å². The molecule has 2 atom stereocenters. The molecule has 3 N–H and O–H groups in total. The summed E-state index contributed by atoms with van der Waals surface area (Å²) in [6, 6.07) is 4.08. The summed E-state index contributed by atoms with van der Waals surface area (Å²) in [5, 5.41) is 8.93. The fourth-order valence-corrected chi connectivity index (χ4v) is 2.49. The van der Waals surface area contributed by atoms with Crippen LogP contribution in [0.25, 0.3) is 0 Å². The Balaban J connectivity index is 1.96. The SMILES string of the molecule is NCC(c1ccco1)N1CCC(CCO)C1. The minimum atomic E-state index is 0.193. The maximum absolute atomic E-state index is 8.93. The Labute approximate surface area is 96.0 Å². The van der Waals surface area contributed by atoms with Crippen LogP contribution in [0.1, 0.15) is 24.6 Å². The first-order chi connectivity index (χ1) is 7.85. The fraction of sp³-hybridized carbons (Fsp3) is 0.667. The van der Waals surface area contributed by atoms with Gasteiger partial charge in [0.25, 0.3) is 0 Å². The molecular weight excluding hydrogens is 204 g/mol. The van der Waals surface area contributed by atoms with E-state index in [-0.39, 0.29) is 12.6 Å². The highest BCUT2D eigenvalue weighted by Crippen LogP contribution is 2.28. The smallest absolute Gasteiger partial charge is 0.122 e. The Morgan fingerprint density at radius 3 is 3.12 bits per heavy atom. The van der Waals surface area contributed by atoms with Crippen LogP contribution in [-0.2, 0) is 0 Å². The lowest BCUT2D eigenvalue weighted by Crippen LogP contribution is -2.31. The third-order valence-corrected chi connectivity index (χ3v) is 3.39. The zero-order chi connectivity index (χ0) is 11.4. The molecule has 4 nitrogen and oxygen atoms in total. The lowest BCUT2D eigenvalue weighted by molar-refractivity contribution is 0.203. The minimum Gasteiger partial charge on any atom is -0.468 e. The van der Waals surface area contributed by atoms with Gasteiger partial charge in [-0.1, -0.05) is 0 Å². The number of hydrogen-bond acceptors (Lipinski definition) is 4. The quantitative estimate of drug-likeness (QED) is 0.782. The van der Waals surface area contributed by atoms with Gasteiger partial charge in [0.15, 0.2) is 0 Å². The van der Waals surface area contributed by atoms with Gasteiger partial charge in [-0.25, -0.2) is 0 Å². The molecule has 1 saturated heterocycles. The molecular formula is C12H20N2O2. The van der Waals surface area contributed by atoms with Gasteiger partial charge in [0.05, 0.1) is 12.3 Å². The van der Waals surface area contributed by atoms with E-state index in [1.54, 1.807) is 6.26 Å². The average molecular weight is 224 g/mol. The Hall–Kier alpha value is -0.840. The first-order valence-electron chi connectivity index (χ1n) is 5.93. The second-order valence-corrected chi connectivity index (χ2v) is 4.43. The maximum Gasteiger partial charge on any atom is 0.122 e. The van der Waals surface area contributed by atoms with Crippen LogP contribution in [0.2, 0.25) is 0 Å². The van der Waals surface area contributed by atoms with Crippen molar-refractivity contribution in [2.24, 2.45) is 11.7 Å². The molecule has 2 heterocycles. The zero-order valence-corrected chi connectivity index (χ0v) is 9.51. The molecule has 0 saturated carbocycles. The molecule has 1 aromatic heterocycles. The Morgan fingerprint density at radius 2 is 2.50 bits per heavy atom. The number of likely N-dealkylation sites (tertiary alicyclic amines) is 1.